The molecule has 0 radical (unpaired) electrons. The second-order valence-corrected chi connectivity index (χ2v) is 9.18. The number of rotatable bonds is 7. The number of carbonyl (C=O) groups excluding carboxylic acids is 4. The predicted octanol–water partition coefficient (Wildman–Crippen LogP) is 1.97. The third-order valence-corrected chi connectivity index (χ3v) is 5.40. The summed E-state index contributed by atoms with van der Waals surface area (Å²) < 4.78 is 4.95. The topological polar surface area (TPSA) is 105 Å². The number of amides is 4. The average Bonchev–Trinajstić information content (AvgIpc) is 2.74. The van der Waals surface area contributed by atoms with Crippen LogP contribution < -0.4 is 10.6 Å². The van der Waals surface area contributed by atoms with Gasteiger partial charge in [0.25, 0.3) is 11.8 Å². The van der Waals surface area contributed by atoms with Gasteiger partial charge in [-0.15, -0.1) is 0 Å². The first kappa shape index (κ1) is 22.2. The highest BCUT2D eigenvalue weighted by molar-refractivity contribution is 6.08. The average molecular weight is 396 g/mol. The Morgan fingerprint density at radius 2 is 2.00 bits per heavy atom. The van der Waals surface area contributed by atoms with Crippen LogP contribution in [0.4, 0.5) is 4.79 Å². The molecule has 0 unspecified atom stereocenters. The zero-order valence-corrected chi connectivity index (χ0v) is 17.6. The van der Waals surface area contributed by atoms with E-state index in [0.717, 1.165) is 24.2 Å². The molecule has 2 fully saturated rings. The normalized spacial score (nSPS) is 27.5. The molecule has 1 heterocycles. The van der Waals surface area contributed by atoms with Crippen LogP contribution in [0.1, 0.15) is 66.7 Å². The molecule has 0 bridgehead atoms. The maximum atomic E-state index is 13.0. The van der Waals surface area contributed by atoms with Crippen molar-refractivity contribution >= 4 is 23.8 Å². The number of nitrogens with zero attached hydrogens (tertiary/aromatic N) is 1. The molecule has 158 valence electrons. The van der Waals surface area contributed by atoms with Crippen molar-refractivity contribution in [3.05, 3.63) is 0 Å². The van der Waals surface area contributed by atoms with Crippen molar-refractivity contribution in [2.24, 2.45) is 11.3 Å². The molecule has 1 saturated heterocycles. The minimum Gasteiger partial charge on any atom is -0.454 e. The van der Waals surface area contributed by atoms with Crippen molar-refractivity contribution in [2.45, 2.75) is 78.3 Å². The molecule has 28 heavy (non-hydrogen) atoms. The summed E-state index contributed by atoms with van der Waals surface area (Å²) in [7, 11) is 0. The zero-order valence-electron chi connectivity index (χ0n) is 17.6. The molecule has 1 aliphatic heterocycles. The molecular formula is C20H33N3O5. The third-order valence-electron chi connectivity index (χ3n) is 5.40. The highest BCUT2D eigenvalue weighted by Gasteiger charge is 2.56. The fraction of sp³-hybridized carbons (Fsp3) is 0.800. The largest absolute Gasteiger partial charge is 0.454 e. The number of carbonyl (C=O) groups is 4. The molecule has 8 heteroatoms. The molecule has 2 aliphatic rings. The number of imide groups is 1. The summed E-state index contributed by atoms with van der Waals surface area (Å²) in [5, 5.41) is 5.55. The van der Waals surface area contributed by atoms with Crippen LogP contribution in [0.2, 0.25) is 0 Å². The molecule has 2 rings (SSSR count). The van der Waals surface area contributed by atoms with Gasteiger partial charge in [0, 0.05) is 6.04 Å². The van der Waals surface area contributed by atoms with Crippen LogP contribution in [0, 0.1) is 11.3 Å². The lowest BCUT2D eigenvalue weighted by atomic mass is 9.64. The summed E-state index contributed by atoms with van der Waals surface area (Å²) >= 11 is 0. The second kappa shape index (κ2) is 8.49. The van der Waals surface area contributed by atoms with Crippen LogP contribution in [0.15, 0.2) is 0 Å². The summed E-state index contributed by atoms with van der Waals surface area (Å²) in [5.41, 5.74) is -1.03. The first-order valence-electron chi connectivity index (χ1n) is 10.1. The lowest BCUT2D eigenvalue weighted by Gasteiger charge is -2.43. The minimum atomic E-state index is -0.953. The number of urea groups is 1. The van der Waals surface area contributed by atoms with Gasteiger partial charge in [-0.1, -0.05) is 34.1 Å². The quantitative estimate of drug-likeness (QED) is 0.506. The summed E-state index contributed by atoms with van der Waals surface area (Å²) in [6.45, 7) is 9.21. The maximum Gasteiger partial charge on any atom is 0.326 e. The first-order valence-corrected chi connectivity index (χ1v) is 10.1. The van der Waals surface area contributed by atoms with E-state index < -0.39 is 36.6 Å². The number of ether oxygens (including phenoxy) is 1. The number of nitrogens with one attached hydrogen (secondary N) is 2. The Morgan fingerprint density at radius 1 is 1.32 bits per heavy atom. The first-order chi connectivity index (χ1) is 13.0. The summed E-state index contributed by atoms with van der Waals surface area (Å²) in [6.07, 6.45) is 3.84. The Labute approximate surface area is 166 Å². The molecule has 3 atom stereocenters. The van der Waals surface area contributed by atoms with Gasteiger partial charge in [-0.2, -0.15) is 0 Å². The van der Waals surface area contributed by atoms with Gasteiger partial charge < -0.3 is 15.4 Å². The van der Waals surface area contributed by atoms with Crippen LogP contribution in [0.5, 0.6) is 0 Å². The van der Waals surface area contributed by atoms with Gasteiger partial charge in [-0.25, -0.2) is 4.79 Å². The van der Waals surface area contributed by atoms with Crippen LogP contribution in [0.25, 0.3) is 0 Å². The molecule has 1 saturated carbocycles. The number of esters is 1. The SMILES string of the molecule is CCC[C@@H](C)NC(=O)COC(=O)CN1C(=O)N[C@]2(C[C@H](C)CC(C)(C)C2)C1=O. The smallest absolute Gasteiger partial charge is 0.326 e. The predicted molar refractivity (Wildman–Crippen MR) is 103 cm³/mol. The van der Waals surface area contributed by atoms with E-state index in [9.17, 15) is 19.2 Å². The van der Waals surface area contributed by atoms with Crippen molar-refractivity contribution in [3.63, 3.8) is 0 Å². The third kappa shape index (κ3) is 5.23. The summed E-state index contributed by atoms with van der Waals surface area (Å²) in [4.78, 5) is 50.2. The fourth-order valence-electron chi connectivity index (χ4n) is 4.79. The van der Waals surface area contributed by atoms with Crippen molar-refractivity contribution in [2.75, 3.05) is 13.2 Å². The molecule has 1 spiro atoms. The van der Waals surface area contributed by atoms with Gasteiger partial charge in [-0.3, -0.25) is 19.3 Å². The highest BCUT2D eigenvalue weighted by Crippen LogP contribution is 2.46. The molecule has 1 aliphatic carbocycles. The van der Waals surface area contributed by atoms with Gasteiger partial charge in [0.2, 0.25) is 0 Å². The number of hydrogen-bond donors (Lipinski definition) is 2. The molecule has 0 aromatic rings. The lowest BCUT2D eigenvalue weighted by molar-refractivity contribution is -0.151. The summed E-state index contributed by atoms with van der Waals surface area (Å²) in [6, 6.07) is -0.577. The zero-order chi connectivity index (χ0) is 21.1. The Hall–Kier alpha value is -2.12. The molecular weight excluding hydrogens is 362 g/mol. The summed E-state index contributed by atoms with van der Waals surface area (Å²) in [5.74, 6) is -1.27. The van der Waals surface area contributed by atoms with E-state index in [4.69, 9.17) is 4.74 Å². The van der Waals surface area contributed by atoms with Crippen LogP contribution in [0.3, 0.4) is 0 Å². The van der Waals surface area contributed by atoms with Crippen LogP contribution in [-0.4, -0.2) is 53.4 Å². The fourth-order valence-corrected chi connectivity index (χ4v) is 4.79. The van der Waals surface area contributed by atoms with Gasteiger partial charge in [0.1, 0.15) is 12.1 Å². The monoisotopic (exact) mass is 395 g/mol. The van der Waals surface area contributed by atoms with Gasteiger partial charge in [0.05, 0.1) is 0 Å². The molecule has 0 aromatic carbocycles. The lowest BCUT2D eigenvalue weighted by Crippen LogP contribution is -2.54. The van der Waals surface area contributed by atoms with E-state index in [1.54, 1.807) is 0 Å². The Morgan fingerprint density at radius 3 is 2.61 bits per heavy atom. The molecule has 4 amide bonds. The van der Waals surface area contributed by atoms with E-state index in [0.29, 0.717) is 12.8 Å². The van der Waals surface area contributed by atoms with E-state index in [2.05, 4.69) is 31.4 Å². The van der Waals surface area contributed by atoms with Gasteiger partial charge in [-0.05, 0) is 43.9 Å². The Kier molecular flexibility index (Phi) is 6.72. The Balaban J connectivity index is 1.92. The van der Waals surface area contributed by atoms with E-state index in [-0.39, 0.29) is 23.3 Å². The molecule has 2 N–H and O–H groups in total. The maximum absolute atomic E-state index is 13.0. The highest BCUT2D eigenvalue weighted by atomic mass is 16.5. The van der Waals surface area contributed by atoms with E-state index >= 15 is 0 Å². The number of hydrogen-bond acceptors (Lipinski definition) is 5. The molecule has 0 aromatic heterocycles. The van der Waals surface area contributed by atoms with Crippen LogP contribution in [-0.2, 0) is 19.1 Å². The second-order valence-electron chi connectivity index (χ2n) is 9.18. The van der Waals surface area contributed by atoms with Crippen molar-refractivity contribution < 1.29 is 23.9 Å². The Bertz CT molecular complexity index is 648. The van der Waals surface area contributed by atoms with Crippen LogP contribution >= 0.6 is 0 Å². The standard InChI is InChI=1S/C20H33N3O5/c1-6-7-14(3)21-15(24)11-28-16(25)10-23-17(26)20(22-18(23)27)9-13(2)8-19(4,5)12-20/h13-14H,6-12H2,1-5H3,(H,21,24)(H,22,27)/t13-,14-,20+/m1/s1. The van der Waals surface area contributed by atoms with Crippen molar-refractivity contribution in [1.82, 2.24) is 15.5 Å². The van der Waals surface area contributed by atoms with Gasteiger partial charge >= 0.3 is 12.0 Å². The van der Waals surface area contributed by atoms with Crippen molar-refractivity contribution in [1.29, 1.82) is 0 Å². The van der Waals surface area contributed by atoms with E-state index in [1.807, 2.05) is 13.8 Å². The van der Waals surface area contributed by atoms with E-state index in [1.165, 1.54) is 0 Å². The molecule has 8 nitrogen and oxygen atoms in total. The minimum absolute atomic E-state index is 0.00126. The van der Waals surface area contributed by atoms with Crippen molar-refractivity contribution in [3.8, 4) is 0 Å². The van der Waals surface area contributed by atoms with Gasteiger partial charge in [0.15, 0.2) is 6.61 Å².